The van der Waals surface area contributed by atoms with Crippen molar-refractivity contribution in [2.75, 3.05) is 0 Å². The third-order valence-corrected chi connectivity index (χ3v) is 0.401. The van der Waals surface area contributed by atoms with Gasteiger partial charge in [-0.3, -0.25) is 0 Å². The minimum Gasteiger partial charge on any atom is -1.00 e. The van der Waals surface area contributed by atoms with Crippen LogP contribution in [-0.2, 0) is 0 Å². The van der Waals surface area contributed by atoms with Gasteiger partial charge in [0.05, 0.1) is 0 Å². The third-order valence-electron chi connectivity index (χ3n) is 0.401. The molecule has 0 aliphatic heterocycles. The zero-order valence-electron chi connectivity index (χ0n) is 5.34. The van der Waals surface area contributed by atoms with Gasteiger partial charge in [0.1, 0.15) is 0 Å². The molecule has 40 valence electrons. The molecule has 0 nitrogen and oxygen atoms in total. The largest absolute Gasteiger partial charge is 1.00 e. The molecule has 0 unspecified atom stereocenters. The molecule has 0 saturated heterocycles. The maximum Gasteiger partial charge on any atom is 1.00 e. The van der Waals surface area contributed by atoms with Crippen molar-refractivity contribution < 1.29 is 33.5 Å². The first-order valence-electron chi connectivity index (χ1n) is 1.63. The zero-order chi connectivity index (χ0) is 5.21. The maximum atomic E-state index is 10.8. The van der Waals surface area contributed by atoms with Crippen LogP contribution in [0.15, 0.2) is 0 Å². The Morgan fingerprint density at radius 3 is 1.57 bits per heavy atom. The van der Waals surface area contributed by atoms with Crippen molar-refractivity contribution in [1.29, 1.82) is 0 Å². The molecular formula is C3H6F3Li. The van der Waals surface area contributed by atoms with Crippen LogP contribution in [0.4, 0.5) is 13.2 Å². The third kappa shape index (κ3) is 10.7. The second kappa shape index (κ2) is 3.40. The van der Waals surface area contributed by atoms with Crippen molar-refractivity contribution in [3.63, 3.8) is 0 Å². The SMILES string of the molecule is CCC(F)(F)F.[H-].[Li+]. The summed E-state index contributed by atoms with van der Waals surface area (Å²) in [5.74, 6) is 0. The summed E-state index contributed by atoms with van der Waals surface area (Å²) in [5.41, 5.74) is 0. The van der Waals surface area contributed by atoms with Gasteiger partial charge < -0.3 is 1.43 Å². The Morgan fingerprint density at radius 1 is 1.43 bits per heavy atom. The summed E-state index contributed by atoms with van der Waals surface area (Å²) in [4.78, 5) is 0. The van der Waals surface area contributed by atoms with Crippen LogP contribution in [0.1, 0.15) is 14.8 Å². The fraction of sp³-hybridized carbons (Fsp3) is 1.00. The molecule has 0 saturated carbocycles. The quantitative estimate of drug-likeness (QED) is 0.350. The van der Waals surface area contributed by atoms with Crippen molar-refractivity contribution in [3.8, 4) is 0 Å². The smallest absolute Gasteiger partial charge is 1.00 e. The summed E-state index contributed by atoms with van der Waals surface area (Å²) in [6, 6.07) is 0. The molecule has 4 heteroatoms. The Kier molecular flexibility index (Phi) is 5.04. The van der Waals surface area contributed by atoms with Gasteiger partial charge >= 0.3 is 25.0 Å². The summed E-state index contributed by atoms with van der Waals surface area (Å²) in [5, 5.41) is 0. The molecule has 0 spiro atoms. The molecule has 0 atom stereocenters. The number of hydrogen-bond acceptors (Lipinski definition) is 0. The van der Waals surface area contributed by atoms with Gasteiger partial charge in [0.15, 0.2) is 0 Å². The molecule has 0 bridgehead atoms. The fourth-order valence-corrected chi connectivity index (χ4v) is 0. The number of alkyl halides is 3. The van der Waals surface area contributed by atoms with E-state index in [1.165, 1.54) is 0 Å². The van der Waals surface area contributed by atoms with Crippen LogP contribution < -0.4 is 18.9 Å². The van der Waals surface area contributed by atoms with Crippen LogP contribution in [0, 0.1) is 0 Å². The van der Waals surface area contributed by atoms with Crippen LogP contribution in [0.5, 0.6) is 0 Å². The zero-order valence-corrected chi connectivity index (χ0v) is 4.34. The standard InChI is InChI=1S/C3H5F3.Li.H/c1-2-3(4,5)6;;/h2H2,1H3;;/q;+1;-1. The van der Waals surface area contributed by atoms with Gasteiger partial charge in [0.25, 0.3) is 0 Å². The van der Waals surface area contributed by atoms with Crippen LogP contribution in [0.3, 0.4) is 0 Å². The van der Waals surface area contributed by atoms with Crippen LogP contribution in [-0.4, -0.2) is 6.18 Å². The average molecular weight is 106 g/mol. The minimum absolute atomic E-state index is 0. The van der Waals surface area contributed by atoms with E-state index in [9.17, 15) is 13.2 Å². The number of halogens is 3. The summed E-state index contributed by atoms with van der Waals surface area (Å²) in [6.45, 7) is 1.08. The summed E-state index contributed by atoms with van der Waals surface area (Å²) in [6.07, 6.45) is -4.69. The van der Waals surface area contributed by atoms with Crippen molar-refractivity contribution in [1.82, 2.24) is 0 Å². The van der Waals surface area contributed by atoms with Crippen LogP contribution >= 0.6 is 0 Å². The summed E-state index contributed by atoms with van der Waals surface area (Å²) >= 11 is 0. The van der Waals surface area contributed by atoms with Gasteiger partial charge in [0, 0.05) is 6.42 Å². The van der Waals surface area contributed by atoms with Crippen molar-refractivity contribution in [2.45, 2.75) is 19.5 Å². The van der Waals surface area contributed by atoms with Gasteiger partial charge in [0.2, 0.25) is 0 Å². The van der Waals surface area contributed by atoms with Gasteiger partial charge in [-0.1, -0.05) is 6.92 Å². The van der Waals surface area contributed by atoms with E-state index in [-0.39, 0.29) is 20.3 Å². The Hall–Kier alpha value is 0.387. The van der Waals surface area contributed by atoms with Gasteiger partial charge in [-0.2, -0.15) is 13.2 Å². The molecule has 0 N–H and O–H groups in total. The Bertz CT molecular complexity index is 44.3. The predicted octanol–water partition coefficient (Wildman–Crippen LogP) is -0.925. The molecule has 0 aromatic heterocycles. The van der Waals surface area contributed by atoms with Crippen molar-refractivity contribution >= 4 is 0 Å². The molecule has 0 fully saturated rings. The van der Waals surface area contributed by atoms with E-state index in [2.05, 4.69) is 0 Å². The second-order valence-corrected chi connectivity index (χ2v) is 0.969. The molecule has 0 heterocycles. The number of hydrogen-bond donors (Lipinski definition) is 0. The molecule has 0 amide bonds. The Labute approximate surface area is 53.7 Å². The molecular weight excluding hydrogens is 100.0 g/mol. The first-order chi connectivity index (χ1) is 2.56. The molecule has 0 aromatic rings. The minimum atomic E-state index is -3.96. The van der Waals surface area contributed by atoms with E-state index >= 15 is 0 Å². The summed E-state index contributed by atoms with van der Waals surface area (Å²) in [7, 11) is 0. The van der Waals surface area contributed by atoms with Crippen molar-refractivity contribution in [2.24, 2.45) is 0 Å². The van der Waals surface area contributed by atoms with Crippen molar-refractivity contribution in [3.05, 3.63) is 0 Å². The fourth-order valence-electron chi connectivity index (χ4n) is 0. The average Bonchev–Trinajstić information content (AvgIpc) is 1.35. The molecule has 0 aromatic carbocycles. The Morgan fingerprint density at radius 2 is 1.57 bits per heavy atom. The maximum absolute atomic E-state index is 10.8. The topological polar surface area (TPSA) is 0 Å². The monoisotopic (exact) mass is 106 g/mol. The molecule has 0 rings (SSSR count). The van der Waals surface area contributed by atoms with E-state index in [0.29, 0.717) is 0 Å². The Balaban J connectivity index is -0.000000125. The molecule has 0 radical (unpaired) electrons. The van der Waals surface area contributed by atoms with Gasteiger partial charge in [-0.25, -0.2) is 0 Å². The summed E-state index contributed by atoms with van der Waals surface area (Å²) < 4.78 is 32.4. The predicted molar refractivity (Wildman–Crippen MR) is 17.5 cm³/mol. The van der Waals surface area contributed by atoms with E-state index in [1.807, 2.05) is 0 Å². The molecule has 7 heavy (non-hydrogen) atoms. The number of rotatable bonds is 0. The van der Waals surface area contributed by atoms with E-state index in [1.54, 1.807) is 0 Å². The van der Waals surface area contributed by atoms with Gasteiger partial charge in [-0.15, -0.1) is 0 Å². The van der Waals surface area contributed by atoms with Crippen LogP contribution in [0.2, 0.25) is 0 Å². The molecule has 0 aliphatic carbocycles. The van der Waals surface area contributed by atoms with E-state index < -0.39 is 12.6 Å². The van der Waals surface area contributed by atoms with E-state index in [0.717, 1.165) is 6.92 Å². The normalized spacial score (nSPS) is 10.3. The second-order valence-electron chi connectivity index (χ2n) is 0.969. The first-order valence-corrected chi connectivity index (χ1v) is 1.63. The van der Waals surface area contributed by atoms with Gasteiger partial charge in [-0.05, 0) is 0 Å². The molecule has 0 aliphatic rings. The first kappa shape index (κ1) is 10.4. The van der Waals surface area contributed by atoms with Crippen LogP contribution in [0.25, 0.3) is 0 Å². The van der Waals surface area contributed by atoms with E-state index in [4.69, 9.17) is 0 Å².